The molecule has 1 atom stereocenters. The molecule has 1 aromatic heterocycles. The van der Waals surface area contributed by atoms with Crippen molar-refractivity contribution in [1.29, 1.82) is 0 Å². The third-order valence-corrected chi connectivity index (χ3v) is 7.24. The Hall–Kier alpha value is -0.660. The summed E-state index contributed by atoms with van der Waals surface area (Å²) in [6.45, 7) is 3.84. The monoisotopic (exact) mass is 345 g/mol. The van der Waals surface area contributed by atoms with Crippen LogP contribution in [0.3, 0.4) is 0 Å². The number of thioether (sulfide) groups is 2. The van der Waals surface area contributed by atoms with Crippen molar-refractivity contribution >= 4 is 51.7 Å². The number of anilines is 1. The van der Waals surface area contributed by atoms with Crippen LogP contribution in [0.25, 0.3) is 0 Å². The maximum absolute atomic E-state index is 12.1. The van der Waals surface area contributed by atoms with Crippen LogP contribution < -0.4 is 5.32 Å². The molecule has 0 aromatic carbocycles. The maximum Gasteiger partial charge on any atom is 0.339 e. The van der Waals surface area contributed by atoms with E-state index >= 15 is 0 Å². The molecular weight excluding hydrogens is 326 g/mol. The van der Waals surface area contributed by atoms with Gasteiger partial charge in [0.25, 0.3) is 0 Å². The molecule has 2 N–H and O–H groups in total. The predicted octanol–water partition coefficient (Wildman–Crippen LogP) is 3.49. The number of hydrogen-bond acceptors (Lipinski definition) is 5. The predicted molar refractivity (Wildman–Crippen MR) is 92.2 cm³/mol. The Kier molecular flexibility index (Phi) is 6.01. The molecule has 0 saturated carbocycles. The van der Waals surface area contributed by atoms with Gasteiger partial charge in [-0.1, -0.05) is 6.92 Å². The van der Waals surface area contributed by atoms with Gasteiger partial charge in [0, 0.05) is 33.8 Å². The van der Waals surface area contributed by atoms with Gasteiger partial charge in [0.2, 0.25) is 5.91 Å². The summed E-state index contributed by atoms with van der Waals surface area (Å²) in [5.41, 5.74) is 1.09. The van der Waals surface area contributed by atoms with Crippen molar-refractivity contribution < 1.29 is 14.7 Å². The SMILES string of the molecule is CCc1c(C)sc(NC(=O)CC2CSCCS2)c1C(=O)O. The summed E-state index contributed by atoms with van der Waals surface area (Å²) in [7, 11) is 0. The number of carboxylic acids is 1. The van der Waals surface area contributed by atoms with Crippen LogP contribution in [0.1, 0.15) is 34.1 Å². The molecule has 4 nitrogen and oxygen atoms in total. The summed E-state index contributed by atoms with van der Waals surface area (Å²) in [6, 6.07) is 0. The van der Waals surface area contributed by atoms with Gasteiger partial charge in [-0.3, -0.25) is 4.79 Å². The summed E-state index contributed by atoms with van der Waals surface area (Å²) < 4.78 is 0. The number of nitrogens with one attached hydrogen (secondary N) is 1. The van der Waals surface area contributed by atoms with Gasteiger partial charge in [-0.2, -0.15) is 23.5 Å². The van der Waals surface area contributed by atoms with E-state index < -0.39 is 5.97 Å². The molecule has 0 aliphatic carbocycles. The van der Waals surface area contributed by atoms with Gasteiger partial charge < -0.3 is 10.4 Å². The number of aryl methyl sites for hydroxylation is 1. The lowest BCUT2D eigenvalue weighted by Crippen LogP contribution is -2.22. The van der Waals surface area contributed by atoms with E-state index in [1.165, 1.54) is 11.3 Å². The van der Waals surface area contributed by atoms with Crippen LogP contribution >= 0.6 is 34.9 Å². The molecule has 2 heterocycles. The van der Waals surface area contributed by atoms with Crippen LogP contribution in [0.2, 0.25) is 0 Å². The van der Waals surface area contributed by atoms with E-state index in [0.717, 1.165) is 27.7 Å². The van der Waals surface area contributed by atoms with Crippen molar-refractivity contribution in [2.45, 2.75) is 31.9 Å². The minimum absolute atomic E-state index is 0.0820. The van der Waals surface area contributed by atoms with E-state index in [-0.39, 0.29) is 11.5 Å². The van der Waals surface area contributed by atoms with Crippen LogP contribution in [0, 0.1) is 6.92 Å². The molecule has 1 aliphatic heterocycles. The van der Waals surface area contributed by atoms with Gasteiger partial charge in [0.1, 0.15) is 5.00 Å². The zero-order valence-electron chi connectivity index (χ0n) is 12.1. The molecule has 1 fully saturated rings. The second kappa shape index (κ2) is 7.56. The molecule has 0 bridgehead atoms. The Bertz CT molecular complexity index is 536. The van der Waals surface area contributed by atoms with Gasteiger partial charge in [-0.25, -0.2) is 4.79 Å². The largest absolute Gasteiger partial charge is 0.478 e. The number of hydrogen-bond donors (Lipinski definition) is 2. The molecule has 2 rings (SSSR count). The first-order chi connectivity index (χ1) is 10.0. The average Bonchev–Trinajstić information content (AvgIpc) is 2.75. The van der Waals surface area contributed by atoms with E-state index in [2.05, 4.69) is 5.32 Å². The van der Waals surface area contributed by atoms with Crippen molar-refractivity contribution in [2.75, 3.05) is 22.6 Å². The molecule has 7 heteroatoms. The third-order valence-electron chi connectivity index (χ3n) is 3.33. The van der Waals surface area contributed by atoms with E-state index in [9.17, 15) is 14.7 Å². The third kappa shape index (κ3) is 4.17. The van der Waals surface area contributed by atoms with Gasteiger partial charge >= 0.3 is 5.97 Å². The molecule has 1 saturated heterocycles. The Balaban J connectivity index is 2.08. The van der Waals surface area contributed by atoms with Gasteiger partial charge in [-0.05, 0) is 18.9 Å². The summed E-state index contributed by atoms with van der Waals surface area (Å²) >= 11 is 5.07. The van der Waals surface area contributed by atoms with Crippen molar-refractivity contribution in [1.82, 2.24) is 0 Å². The van der Waals surface area contributed by atoms with Crippen LogP contribution in [0.5, 0.6) is 0 Å². The number of carbonyl (C=O) groups is 2. The van der Waals surface area contributed by atoms with E-state index in [0.29, 0.717) is 23.1 Å². The highest BCUT2D eigenvalue weighted by Crippen LogP contribution is 2.34. The molecule has 0 spiro atoms. The Morgan fingerprint density at radius 1 is 1.38 bits per heavy atom. The van der Waals surface area contributed by atoms with Crippen LogP contribution in [-0.4, -0.2) is 39.5 Å². The van der Waals surface area contributed by atoms with Crippen molar-refractivity contribution in [3.05, 3.63) is 16.0 Å². The Morgan fingerprint density at radius 3 is 2.71 bits per heavy atom. The highest BCUT2D eigenvalue weighted by Gasteiger charge is 2.23. The molecule has 1 unspecified atom stereocenters. The normalized spacial score (nSPS) is 18.5. The first-order valence-corrected chi connectivity index (χ1v) is 9.89. The second-order valence-electron chi connectivity index (χ2n) is 4.82. The molecule has 0 radical (unpaired) electrons. The van der Waals surface area contributed by atoms with Crippen LogP contribution in [-0.2, 0) is 11.2 Å². The van der Waals surface area contributed by atoms with Crippen molar-refractivity contribution in [3.8, 4) is 0 Å². The topological polar surface area (TPSA) is 66.4 Å². The highest BCUT2D eigenvalue weighted by atomic mass is 32.2. The van der Waals surface area contributed by atoms with Crippen LogP contribution in [0.15, 0.2) is 0 Å². The zero-order valence-corrected chi connectivity index (χ0v) is 14.6. The quantitative estimate of drug-likeness (QED) is 0.855. The number of thiophene rings is 1. The lowest BCUT2D eigenvalue weighted by Gasteiger charge is -2.20. The fourth-order valence-corrected chi connectivity index (χ4v) is 6.19. The van der Waals surface area contributed by atoms with Gasteiger partial charge in [-0.15, -0.1) is 11.3 Å². The molecular formula is C14H19NO3S3. The van der Waals surface area contributed by atoms with E-state index in [1.54, 1.807) is 0 Å². The Morgan fingerprint density at radius 2 is 2.14 bits per heavy atom. The molecule has 21 heavy (non-hydrogen) atoms. The molecule has 1 aliphatic rings. The zero-order chi connectivity index (χ0) is 15.4. The molecule has 1 amide bonds. The second-order valence-corrected chi connectivity index (χ2v) is 8.60. The minimum atomic E-state index is -0.964. The maximum atomic E-state index is 12.1. The standard InChI is InChI=1S/C14H19NO3S3/c1-3-10-8(2)21-13(12(10)14(17)18)15-11(16)6-9-7-19-4-5-20-9/h9H,3-7H2,1-2H3,(H,15,16)(H,17,18). The minimum Gasteiger partial charge on any atom is -0.478 e. The summed E-state index contributed by atoms with van der Waals surface area (Å²) in [4.78, 5) is 24.5. The number of amides is 1. The summed E-state index contributed by atoms with van der Waals surface area (Å²) in [6.07, 6.45) is 1.12. The fourth-order valence-electron chi connectivity index (χ4n) is 2.36. The number of rotatable bonds is 5. The molecule has 1 aromatic rings. The summed E-state index contributed by atoms with van der Waals surface area (Å²) in [5, 5.41) is 13.0. The lowest BCUT2D eigenvalue weighted by molar-refractivity contribution is -0.116. The van der Waals surface area contributed by atoms with Crippen LogP contribution in [0.4, 0.5) is 5.00 Å². The average molecular weight is 346 g/mol. The number of aromatic carboxylic acids is 1. The highest BCUT2D eigenvalue weighted by molar-refractivity contribution is 8.06. The van der Waals surface area contributed by atoms with E-state index in [4.69, 9.17) is 0 Å². The first kappa shape index (κ1) is 16.7. The first-order valence-electron chi connectivity index (χ1n) is 6.87. The van der Waals surface area contributed by atoms with E-state index in [1.807, 2.05) is 37.4 Å². The smallest absolute Gasteiger partial charge is 0.339 e. The summed E-state index contributed by atoms with van der Waals surface area (Å²) in [5.74, 6) is 2.18. The van der Waals surface area contributed by atoms with Gasteiger partial charge in [0.15, 0.2) is 0 Å². The fraction of sp³-hybridized carbons (Fsp3) is 0.571. The van der Waals surface area contributed by atoms with Crippen molar-refractivity contribution in [2.24, 2.45) is 0 Å². The van der Waals surface area contributed by atoms with Gasteiger partial charge in [0.05, 0.1) is 5.56 Å². The van der Waals surface area contributed by atoms with Crippen molar-refractivity contribution in [3.63, 3.8) is 0 Å². The number of carboxylic acid groups (broad SMARTS) is 1. The number of carbonyl (C=O) groups excluding carboxylic acids is 1. The Labute approximate surface area is 137 Å². The lowest BCUT2D eigenvalue weighted by atomic mass is 10.1. The molecule has 116 valence electrons.